The van der Waals surface area contributed by atoms with Crippen LogP contribution in [0, 0.1) is 0 Å². The van der Waals surface area contributed by atoms with E-state index in [1.54, 1.807) is 6.08 Å². The summed E-state index contributed by atoms with van der Waals surface area (Å²) in [6, 6.07) is 0. The van der Waals surface area contributed by atoms with Crippen LogP contribution in [0.3, 0.4) is 0 Å². The Kier molecular flexibility index (Phi) is 1.56. The van der Waals surface area contributed by atoms with Gasteiger partial charge in [0.2, 0.25) is 5.79 Å². The molecule has 0 amide bonds. The van der Waals surface area contributed by atoms with Gasteiger partial charge in [0, 0.05) is 12.5 Å². The Bertz CT molecular complexity index is 298. The molecule has 1 aliphatic carbocycles. The van der Waals surface area contributed by atoms with Crippen LogP contribution < -0.4 is 0 Å². The Labute approximate surface area is 81.8 Å². The Morgan fingerprint density at radius 2 is 2.00 bits per heavy atom. The summed E-state index contributed by atoms with van der Waals surface area (Å²) in [6.45, 7) is 1.18. The van der Waals surface area contributed by atoms with Gasteiger partial charge in [0.1, 0.15) is 0 Å². The van der Waals surface area contributed by atoms with Gasteiger partial charge in [-0.2, -0.15) is 0 Å². The van der Waals surface area contributed by atoms with E-state index >= 15 is 0 Å². The lowest BCUT2D eigenvalue weighted by Gasteiger charge is -2.35. The van der Waals surface area contributed by atoms with Gasteiger partial charge in [-0.3, -0.25) is 0 Å². The van der Waals surface area contributed by atoms with E-state index in [2.05, 4.69) is 0 Å². The maximum Gasteiger partial charge on any atom is 0.331 e. The van der Waals surface area contributed by atoms with Crippen molar-refractivity contribution in [1.29, 1.82) is 0 Å². The molecule has 0 N–H and O–H groups in total. The van der Waals surface area contributed by atoms with Crippen molar-refractivity contribution in [3.05, 3.63) is 12.2 Å². The lowest BCUT2D eigenvalue weighted by molar-refractivity contribution is -0.240. The first-order valence-electron chi connectivity index (χ1n) is 4.97. The predicted molar refractivity (Wildman–Crippen MR) is 46.4 cm³/mol. The fourth-order valence-corrected chi connectivity index (χ4v) is 2.62. The Morgan fingerprint density at radius 3 is 2.64 bits per heavy atom. The van der Waals surface area contributed by atoms with E-state index in [9.17, 15) is 4.79 Å². The zero-order valence-electron chi connectivity index (χ0n) is 7.82. The van der Waals surface area contributed by atoms with Gasteiger partial charge in [-0.05, 0) is 18.9 Å². The quantitative estimate of drug-likeness (QED) is 0.537. The maximum absolute atomic E-state index is 11.1. The van der Waals surface area contributed by atoms with E-state index in [0.29, 0.717) is 13.2 Å². The molecule has 2 aliphatic heterocycles. The summed E-state index contributed by atoms with van der Waals surface area (Å²) < 4.78 is 16.6. The molecular weight excluding hydrogens is 184 g/mol. The van der Waals surface area contributed by atoms with Crippen LogP contribution in [0.1, 0.15) is 19.3 Å². The molecular formula is C10H12O4. The van der Waals surface area contributed by atoms with Crippen LogP contribution in [0.5, 0.6) is 0 Å². The number of fused-ring (bicyclic) bond motifs is 1. The van der Waals surface area contributed by atoms with Crippen LogP contribution in [0.2, 0.25) is 0 Å². The standard InChI is InChI=1S/C10H12O4/c11-8-2-5-9(14-8)3-1-4-10(9)12-6-7-13-10/h2,5H,1,3-4,6-7H2. The highest BCUT2D eigenvalue weighted by Gasteiger charge is 2.62. The maximum atomic E-state index is 11.1. The van der Waals surface area contributed by atoms with E-state index in [1.807, 2.05) is 0 Å². The minimum atomic E-state index is -0.685. The predicted octanol–water partition coefficient (Wildman–Crippen LogP) is 0.765. The normalized spacial score (nSPS) is 38.7. The van der Waals surface area contributed by atoms with Gasteiger partial charge in [-0.15, -0.1) is 0 Å². The van der Waals surface area contributed by atoms with Crippen molar-refractivity contribution >= 4 is 5.97 Å². The molecule has 14 heavy (non-hydrogen) atoms. The number of hydrogen-bond acceptors (Lipinski definition) is 4. The zero-order chi connectivity index (χ0) is 9.65. The number of carbonyl (C=O) groups excluding carboxylic acids is 1. The van der Waals surface area contributed by atoms with Crippen molar-refractivity contribution in [2.75, 3.05) is 13.2 Å². The van der Waals surface area contributed by atoms with Gasteiger partial charge in [0.25, 0.3) is 0 Å². The third kappa shape index (κ3) is 0.875. The molecule has 3 aliphatic rings. The third-order valence-electron chi connectivity index (χ3n) is 3.22. The number of carbonyl (C=O) groups is 1. The van der Waals surface area contributed by atoms with E-state index in [4.69, 9.17) is 14.2 Å². The molecule has 2 spiro atoms. The van der Waals surface area contributed by atoms with Crippen LogP contribution in [0.4, 0.5) is 0 Å². The van der Waals surface area contributed by atoms with Gasteiger partial charge < -0.3 is 14.2 Å². The minimum Gasteiger partial charge on any atom is -0.446 e. The van der Waals surface area contributed by atoms with Crippen LogP contribution in [0.25, 0.3) is 0 Å². The van der Waals surface area contributed by atoms with Gasteiger partial charge in [0.05, 0.1) is 13.2 Å². The highest BCUT2D eigenvalue weighted by atomic mass is 16.8. The molecule has 76 valence electrons. The molecule has 0 aromatic heterocycles. The zero-order valence-corrected chi connectivity index (χ0v) is 7.82. The van der Waals surface area contributed by atoms with Crippen LogP contribution in [-0.4, -0.2) is 30.6 Å². The summed E-state index contributed by atoms with van der Waals surface area (Å²) in [5, 5.41) is 0. The van der Waals surface area contributed by atoms with Crippen molar-refractivity contribution in [2.24, 2.45) is 0 Å². The van der Waals surface area contributed by atoms with E-state index in [0.717, 1.165) is 19.3 Å². The smallest absolute Gasteiger partial charge is 0.331 e. The highest BCUT2D eigenvalue weighted by Crippen LogP contribution is 2.50. The lowest BCUT2D eigenvalue weighted by atomic mass is 9.97. The summed E-state index contributed by atoms with van der Waals surface area (Å²) in [4.78, 5) is 11.1. The summed E-state index contributed by atoms with van der Waals surface area (Å²) in [6.07, 6.45) is 5.85. The van der Waals surface area contributed by atoms with Gasteiger partial charge in [-0.25, -0.2) is 4.79 Å². The SMILES string of the molecule is O=C1C=CC2(CCCC23OCCO3)O1. The fraction of sp³-hybridized carbons (Fsp3) is 0.700. The first-order valence-corrected chi connectivity index (χ1v) is 4.97. The van der Waals surface area contributed by atoms with Crippen LogP contribution >= 0.6 is 0 Å². The molecule has 1 saturated heterocycles. The number of hydrogen-bond donors (Lipinski definition) is 0. The summed E-state index contributed by atoms with van der Waals surface area (Å²) in [5.41, 5.74) is -0.638. The monoisotopic (exact) mass is 196 g/mol. The molecule has 0 bridgehead atoms. The first kappa shape index (κ1) is 8.44. The van der Waals surface area contributed by atoms with Crippen LogP contribution in [-0.2, 0) is 19.0 Å². The molecule has 0 aromatic carbocycles. The van der Waals surface area contributed by atoms with Crippen molar-refractivity contribution in [3.8, 4) is 0 Å². The topological polar surface area (TPSA) is 44.8 Å². The molecule has 0 radical (unpaired) electrons. The third-order valence-corrected chi connectivity index (χ3v) is 3.22. The second-order valence-corrected chi connectivity index (χ2v) is 3.95. The largest absolute Gasteiger partial charge is 0.446 e. The molecule has 2 heterocycles. The number of esters is 1. The highest BCUT2D eigenvalue weighted by molar-refractivity contribution is 5.85. The Morgan fingerprint density at radius 1 is 1.21 bits per heavy atom. The van der Waals surface area contributed by atoms with Crippen LogP contribution in [0.15, 0.2) is 12.2 Å². The van der Waals surface area contributed by atoms with Crippen molar-refractivity contribution in [3.63, 3.8) is 0 Å². The second-order valence-electron chi connectivity index (χ2n) is 3.95. The number of rotatable bonds is 0. The molecule has 0 aromatic rings. The first-order chi connectivity index (χ1) is 6.77. The van der Waals surface area contributed by atoms with Crippen molar-refractivity contribution in [2.45, 2.75) is 30.7 Å². The summed E-state index contributed by atoms with van der Waals surface area (Å²) >= 11 is 0. The molecule has 1 unspecified atom stereocenters. The molecule has 3 rings (SSSR count). The second kappa shape index (κ2) is 2.58. The minimum absolute atomic E-state index is 0.287. The van der Waals surface area contributed by atoms with Crippen molar-refractivity contribution < 1.29 is 19.0 Å². The van der Waals surface area contributed by atoms with Gasteiger partial charge >= 0.3 is 5.97 Å². The van der Waals surface area contributed by atoms with E-state index < -0.39 is 11.4 Å². The average Bonchev–Trinajstić information content (AvgIpc) is 2.82. The number of ether oxygens (including phenoxy) is 3. The van der Waals surface area contributed by atoms with Crippen molar-refractivity contribution in [1.82, 2.24) is 0 Å². The molecule has 4 nitrogen and oxygen atoms in total. The Balaban J connectivity index is 1.98. The molecule has 4 heteroatoms. The molecule has 1 atom stereocenters. The van der Waals surface area contributed by atoms with Gasteiger partial charge in [0.15, 0.2) is 5.60 Å². The van der Waals surface area contributed by atoms with E-state index in [1.165, 1.54) is 6.08 Å². The molecule has 2 fully saturated rings. The lowest BCUT2D eigenvalue weighted by Crippen LogP contribution is -2.50. The van der Waals surface area contributed by atoms with Gasteiger partial charge in [-0.1, -0.05) is 0 Å². The summed E-state index contributed by atoms with van der Waals surface area (Å²) in [7, 11) is 0. The fourth-order valence-electron chi connectivity index (χ4n) is 2.62. The summed E-state index contributed by atoms with van der Waals surface area (Å²) in [5.74, 6) is -0.972. The van der Waals surface area contributed by atoms with E-state index in [-0.39, 0.29) is 5.97 Å². The average molecular weight is 196 g/mol. The Hall–Kier alpha value is -0.870. The molecule has 1 saturated carbocycles.